The fraction of sp³-hybridized carbons (Fsp3) is 0.300. The van der Waals surface area contributed by atoms with Gasteiger partial charge in [0.15, 0.2) is 12.0 Å². The quantitative estimate of drug-likeness (QED) is 0.426. The van der Waals surface area contributed by atoms with Gasteiger partial charge in [0.1, 0.15) is 6.04 Å². The first-order valence-corrected chi connectivity index (χ1v) is 10.5. The number of amides is 1. The molecular weight excluding hydrogens is 428 g/mol. The highest BCUT2D eigenvalue weighted by atomic mass is 32.1. The minimum Gasteiger partial charge on any atom is -0.618 e. The topological polar surface area (TPSA) is 103 Å². The summed E-state index contributed by atoms with van der Waals surface area (Å²) >= 11 is 1.52. The lowest BCUT2D eigenvalue weighted by molar-refractivity contribution is -0.624. The van der Waals surface area contributed by atoms with Gasteiger partial charge >= 0.3 is 5.92 Å². The summed E-state index contributed by atoms with van der Waals surface area (Å²) in [5.74, 6) is -4.14. The van der Waals surface area contributed by atoms with E-state index in [1.54, 1.807) is 0 Å². The molecule has 1 atom stereocenters. The van der Waals surface area contributed by atoms with Crippen LogP contribution in [0.2, 0.25) is 0 Å². The highest BCUT2D eigenvalue weighted by molar-refractivity contribution is 7.07. The number of pyridine rings is 1. The Balaban J connectivity index is 1.50. The van der Waals surface area contributed by atoms with Gasteiger partial charge in [-0.15, -0.1) is 0 Å². The summed E-state index contributed by atoms with van der Waals surface area (Å²) in [6.07, 6.45) is 3.29. The lowest BCUT2D eigenvalue weighted by Gasteiger charge is -2.18. The van der Waals surface area contributed by atoms with E-state index in [1.807, 2.05) is 16.8 Å². The number of nitrogens with zero attached hydrogens (tertiary/aromatic N) is 3. The van der Waals surface area contributed by atoms with Crippen molar-refractivity contribution in [2.45, 2.75) is 31.4 Å². The molecule has 0 spiro atoms. The average molecular weight is 447 g/mol. The van der Waals surface area contributed by atoms with Gasteiger partial charge < -0.3 is 15.8 Å². The number of aryl methyl sites for hydroxylation is 1. The average Bonchev–Trinajstić information content (AvgIpc) is 3.42. The van der Waals surface area contributed by atoms with Crippen LogP contribution in [-0.2, 0) is 23.7 Å². The van der Waals surface area contributed by atoms with E-state index >= 15 is 0 Å². The Morgan fingerprint density at radius 2 is 2.23 bits per heavy atom. The zero-order valence-corrected chi connectivity index (χ0v) is 17.1. The van der Waals surface area contributed by atoms with Gasteiger partial charge in [0, 0.05) is 30.6 Å². The van der Waals surface area contributed by atoms with Crippen LogP contribution in [0, 0.1) is 5.21 Å². The molecule has 0 fully saturated rings. The highest BCUT2D eigenvalue weighted by Crippen LogP contribution is 2.26. The van der Waals surface area contributed by atoms with E-state index in [9.17, 15) is 23.6 Å². The molecule has 0 aromatic carbocycles. The molecule has 0 saturated heterocycles. The third-order valence-electron chi connectivity index (χ3n) is 5.09. The van der Waals surface area contributed by atoms with Crippen molar-refractivity contribution in [2.75, 3.05) is 11.9 Å². The van der Waals surface area contributed by atoms with E-state index < -0.39 is 29.8 Å². The third-order valence-corrected chi connectivity index (χ3v) is 5.82. The Kier molecular flexibility index (Phi) is 5.68. The van der Waals surface area contributed by atoms with Crippen molar-refractivity contribution in [3.63, 3.8) is 0 Å². The number of fused-ring (bicyclic) bond motifs is 1. The van der Waals surface area contributed by atoms with E-state index in [0.29, 0.717) is 25.1 Å². The van der Waals surface area contributed by atoms with E-state index in [1.165, 1.54) is 34.2 Å². The molecule has 1 aliphatic rings. The summed E-state index contributed by atoms with van der Waals surface area (Å²) in [4.78, 5) is 29.5. The second-order valence-electron chi connectivity index (χ2n) is 7.15. The summed E-state index contributed by atoms with van der Waals surface area (Å²) < 4.78 is 30.3. The second-order valence-corrected chi connectivity index (χ2v) is 7.93. The van der Waals surface area contributed by atoms with Gasteiger partial charge in [-0.25, -0.2) is 4.98 Å². The Bertz CT molecular complexity index is 1150. The summed E-state index contributed by atoms with van der Waals surface area (Å²) in [5, 5.41) is 20.6. The van der Waals surface area contributed by atoms with Crippen molar-refractivity contribution < 1.29 is 18.3 Å². The van der Waals surface area contributed by atoms with E-state index in [0.717, 1.165) is 17.8 Å². The zero-order chi connectivity index (χ0) is 22.0. The number of thiophene rings is 1. The van der Waals surface area contributed by atoms with Crippen LogP contribution in [0.1, 0.15) is 29.4 Å². The lowest BCUT2D eigenvalue weighted by atomic mass is 10.2. The predicted molar refractivity (Wildman–Crippen MR) is 110 cm³/mol. The SMILES string of the molecule is O=C(NCc1ccsc1)[C@@H]1CCc2cnc(NCC(F)(F)c3cccc[n+]3[O-])c(=O)n21. The monoisotopic (exact) mass is 447 g/mol. The molecule has 8 nitrogen and oxygen atoms in total. The number of rotatable bonds is 7. The molecule has 0 saturated carbocycles. The molecule has 0 radical (unpaired) electrons. The van der Waals surface area contributed by atoms with Crippen molar-refractivity contribution in [3.05, 3.63) is 79.9 Å². The normalized spacial score (nSPS) is 15.5. The Labute approximate surface area is 179 Å². The number of carbonyl (C=O) groups excluding carboxylic acids is 1. The number of halogens is 2. The molecule has 0 aliphatic carbocycles. The van der Waals surface area contributed by atoms with Gasteiger partial charge in [-0.05, 0) is 41.3 Å². The smallest absolute Gasteiger partial charge is 0.347 e. The van der Waals surface area contributed by atoms with Gasteiger partial charge in [0.05, 0.1) is 6.54 Å². The third kappa shape index (κ3) is 4.26. The summed E-state index contributed by atoms with van der Waals surface area (Å²) in [7, 11) is 0. The van der Waals surface area contributed by atoms with Gasteiger partial charge in [-0.2, -0.15) is 24.8 Å². The van der Waals surface area contributed by atoms with Crippen molar-refractivity contribution >= 4 is 23.1 Å². The first kappa shape index (κ1) is 20.9. The minimum atomic E-state index is -3.53. The Morgan fingerprint density at radius 1 is 1.39 bits per heavy atom. The van der Waals surface area contributed by atoms with Crippen LogP contribution in [0.25, 0.3) is 0 Å². The van der Waals surface area contributed by atoms with Crippen LogP contribution in [0.5, 0.6) is 0 Å². The molecule has 1 aliphatic heterocycles. The van der Waals surface area contributed by atoms with Crippen LogP contribution >= 0.6 is 11.3 Å². The van der Waals surface area contributed by atoms with Crippen molar-refractivity contribution in [1.29, 1.82) is 0 Å². The number of carbonyl (C=O) groups is 1. The molecule has 2 N–H and O–H groups in total. The summed E-state index contributed by atoms with van der Waals surface area (Å²) in [6.45, 7) is -0.645. The van der Waals surface area contributed by atoms with Crippen LogP contribution in [-0.4, -0.2) is 22.0 Å². The fourth-order valence-corrected chi connectivity index (χ4v) is 4.18. The summed E-state index contributed by atoms with van der Waals surface area (Å²) in [6, 6.07) is 4.86. The van der Waals surface area contributed by atoms with Crippen molar-refractivity contribution in [3.8, 4) is 0 Å². The molecule has 4 rings (SSSR count). The second kappa shape index (κ2) is 8.42. The minimum absolute atomic E-state index is 0.0819. The molecule has 3 aromatic heterocycles. The lowest BCUT2D eigenvalue weighted by Crippen LogP contribution is -2.42. The van der Waals surface area contributed by atoms with E-state index in [4.69, 9.17) is 0 Å². The Morgan fingerprint density at radius 3 is 2.97 bits per heavy atom. The number of alkyl halides is 2. The van der Waals surface area contributed by atoms with Crippen LogP contribution in [0.3, 0.4) is 0 Å². The number of hydrogen-bond donors (Lipinski definition) is 2. The van der Waals surface area contributed by atoms with E-state index in [2.05, 4.69) is 15.6 Å². The maximum absolute atomic E-state index is 14.5. The first-order chi connectivity index (χ1) is 14.9. The largest absolute Gasteiger partial charge is 0.618 e. The standard InChI is InChI=1S/C20H19F2N5O3S/c21-20(22,16-3-1-2-7-26(16)30)12-25-17-19(29)27-14(10-23-17)4-5-15(27)18(28)24-9-13-6-8-31-11-13/h1-3,6-8,10-11,15H,4-5,9,12H2,(H,23,25)(H,24,28)/t15-/m0/s1. The molecule has 4 heterocycles. The predicted octanol–water partition coefficient (Wildman–Crippen LogP) is 1.95. The molecule has 0 bridgehead atoms. The Hall–Kier alpha value is -3.34. The molecule has 11 heteroatoms. The fourth-order valence-electron chi connectivity index (χ4n) is 3.51. The number of hydrogen-bond acceptors (Lipinski definition) is 6. The van der Waals surface area contributed by atoms with Crippen molar-refractivity contribution in [2.24, 2.45) is 0 Å². The zero-order valence-electron chi connectivity index (χ0n) is 16.3. The van der Waals surface area contributed by atoms with Gasteiger partial charge in [-0.1, -0.05) is 0 Å². The van der Waals surface area contributed by atoms with Crippen LogP contribution in [0.4, 0.5) is 14.6 Å². The number of nitrogens with one attached hydrogen (secondary N) is 2. The molecule has 162 valence electrons. The maximum atomic E-state index is 14.5. The van der Waals surface area contributed by atoms with Crippen molar-refractivity contribution in [1.82, 2.24) is 14.9 Å². The molecule has 31 heavy (non-hydrogen) atoms. The van der Waals surface area contributed by atoms with E-state index in [-0.39, 0.29) is 16.5 Å². The molecule has 1 amide bonds. The first-order valence-electron chi connectivity index (χ1n) is 9.56. The number of anilines is 1. The van der Waals surface area contributed by atoms with Gasteiger partial charge in [0.25, 0.3) is 11.3 Å². The van der Waals surface area contributed by atoms with Crippen LogP contribution in [0.15, 0.2) is 52.2 Å². The highest BCUT2D eigenvalue weighted by Gasteiger charge is 2.40. The number of aromatic nitrogens is 3. The molecule has 3 aromatic rings. The maximum Gasteiger partial charge on any atom is 0.347 e. The molecule has 0 unspecified atom stereocenters. The van der Waals surface area contributed by atoms with Crippen LogP contribution < -0.4 is 20.9 Å². The summed E-state index contributed by atoms with van der Waals surface area (Å²) in [5.41, 5.74) is 0.136. The molecular formula is C20H19F2N5O3S. The van der Waals surface area contributed by atoms with Gasteiger partial charge in [0.2, 0.25) is 5.91 Å². The van der Waals surface area contributed by atoms with Gasteiger partial charge in [-0.3, -0.25) is 14.2 Å².